The number of carbonyl (C=O) groups is 2. The molecule has 110 valence electrons. The van der Waals surface area contributed by atoms with E-state index in [1.165, 1.54) is 13.8 Å². The van der Waals surface area contributed by atoms with Crippen molar-refractivity contribution >= 4 is 33.5 Å². The fraction of sp³-hybridized carbons (Fsp3) is 0.273. The van der Waals surface area contributed by atoms with Crippen LogP contribution in [0.1, 0.15) is 22.8 Å². The molecule has 0 radical (unpaired) electrons. The number of primary amides is 1. The van der Waals surface area contributed by atoms with Gasteiger partial charge in [-0.25, -0.2) is 13.2 Å². The van der Waals surface area contributed by atoms with Crippen LogP contribution in [0.5, 0.6) is 0 Å². The number of carboxylic acids is 1. The van der Waals surface area contributed by atoms with Gasteiger partial charge in [0.15, 0.2) is 0 Å². The van der Waals surface area contributed by atoms with E-state index in [-0.39, 0.29) is 21.0 Å². The van der Waals surface area contributed by atoms with Gasteiger partial charge >= 0.3 is 5.97 Å². The SMILES string of the molecule is Cc1c(C(=O)O)cc(Cl)cc1S(=O)(=O)NC(C)C(N)=O. The van der Waals surface area contributed by atoms with Gasteiger partial charge in [-0.15, -0.1) is 0 Å². The second-order valence-electron chi connectivity index (χ2n) is 4.13. The molecule has 1 aromatic carbocycles. The predicted molar refractivity (Wildman–Crippen MR) is 72.1 cm³/mol. The lowest BCUT2D eigenvalue weighted by atomic mass is 10.1. The molecular formula is C11H13ClN2O5S. The summed E-state index contributed by atoms with van der Waals surface area (Å²) >= 11 is 5.72. The van der Waals surface area contributed by atoms with E-state index in [0.717, 1.165) is 12.1 Å². The molecule has 0 bridgehead atoms. The number of aromatic carboxylic acids is 1. The molecule has 0 aromatic heterocycles. The first-order valence-electron chi connectivity index (χ1n) is 5.41. The second-order valence-corrected chi connectivity index (χ2v) is 6.25. The number of nitrogens with one attached hydrogen (secondary N) is 1. The number of hydrogen-bond acceptors (Lipinski definition) is 4. The first kappa shape index (κ1) is 16.4. The highest BCUT2D eigenvalue weighted by Crippen LogP contribution is 2.24. The van der Waals surface area contributed by atoms with Gasteiger partial charge in [0.2, 0.25) is 15.9 Å². The van der Waals surface area contributed by atoms with E-state index in [9.17, 15) is 18.0 Å². The van der Waals surface area contributed by atoms with Crippen LogP contribution in [0.2, 0.25) is 5.02 Å². The van der Waals surface area contributed by atoms with Crippen LogP contribution in [0, 0.1) is 6.92 Å². The van der Waals surface area contributed by atoms with Gasteiger partial charge in [0.05, 0.1) is 16.5 Å². The summed E-state index contributed by atoms with van der Waals surface area (Å²) in [6.07, 6.45) is 0. The third kappa shape index (κ3) is 3.47. The number of nitrogens with two attached hydrogens (primary N) is 1. The van der Waals surface area contributed by atoms with Crippen LogP contribution >= 0.6 is 11.6 Å². The Hall–Kier alpha value is -1.64. The van der Waals surface area contributed by atoms with Gasteiger partial charge in [-0.3, -0.25) is 4.79 Å². The Balaban J connectivity index is 3.39. The van der Waals surface area contributed by atoms with Crippen LogP contribution in [-0.2, 0) is 14.8 Å². The minimum atomic E-state index is -4.11. The van der Waals surface area contributed by atoms with Crippen LogP contribution < -0.4 is 10.5 Å². The number of carboxylic acid groups (broad SMARTS) is 1. The quantitative estimate of drug-likeness (QED) is 0.728. The Morgan fingerprint density at radius 3 is 2.40 bits per heavy atom. The standard InChI is InChI=1S/C11H13ClN2O5S/c1-5-8(11(16)17)3-7(12)4-9(5)20(18,19)14-6(2)10(13)15/h3-4,6,14H,1-2H3,(H2,13,15)(H,16,17). The molecule has 20 heavy (non-hydrogen) atoms. The normalized spacial score (nSPS) is 12.9. The Morgan fingerprint density at radius 1 is 1.40 bits per heavy atom. The monoisotopic (exact) mass is 320 g/mol. The Bertz CT molecular complexity index is 672. The van der Waals surface area contributed by atoms with E-state index in [1.54, 1.807) is 0 Å². The summed E-state index contributed by atoms with van der Waals surface area (Å²) in [6, 6.07) is 1.13. The molecule has 0 aliphatic rings. The van der Waals surface area contributed by atoms with Crippen molar-refractivity contribution in [2.75, 3.05) is 0 Å². The van der Waals surface area contributed by atoms with Crippen LogP contribution in [0.15, 0.2) is 17.0 Å². The Kier molecular flexibility index (Phi) is 4.74. The molecule has 0 aliphatic carbocycles. The van der Waals surface area contributed by atoms with Gasteiger partial charge in [0, 0.05) is 5.02 Å². The van der Waals surface area contributed by atoms with Crippen molar-refractivity contribution < 1.29 is 23.1 Å². The van der Waals surface area contributed by atoms with Crippen molar-refractivity contribution in [1.82, 2.24) is 4.72 Å². The minimum absolute atomic E-state index is 0.0195. The van der Waals surface area contributed by atoms with Crippen molar-refractivity contribution in [1.29, 1.82) is 0 Å². The van der Waals surface area contributed by atoms with E-state index < -0.39 is 27.9 Å². The maximum absolute atomic E-state index is 12.1. The third-order valence-corrected chi connectivity index (χ3v) is 4.49. The predicted octanol–water partition coefficient (Wildman–Crippen LogP) is 0.499. The van der Waals surface area contributed by atoms with Gasteiger partial charge in [-0.1, -0.05) is 11.6 Å². The number of benzene rings is 1. The molecule has 0 fully saturated rings. The van der Waals surface area contributed by atoms with Crippen LogP contribution in [0.4, 0.5) is 0 Å². The number of sulfonamides is 1. The number of rotatable bonds is 5. The largest absolute Gasteiger partial charge is 0.478 e. The van der Waals surface area contributed by atoms with Crippen LogP contribution in [0.25, 0.3) is 0 Å². The summed E-state index contributed by atoms with van der Waals surface area (Å²) in [5.74, 6) is -2.16. The highest BCUT2D eigenvalue weighted by molar-refractivity contribution is 7.89. The molecule has 7 nitrogen and oxygen atoms in total. The van der Waals surface area contributed by atoms with Crippen molar-refractivity contribution in [2.24, 2.45) is 5.73 Å². The summed E-state index contributed by atoms with van der Waals surface area (Å²) in [5.41, 5.74) is 4.77. The smallest absolute Gasteiger partial charge is 0.336 e. The number of halogens is 1. The number of carbonyl (C=O) groups excluding carboxylic acids is 1. The Labute approximate surface area is 120 Å². The summed E-state index contributed by atoms with van der Waals surface area (Å²) in [5, 5.41) is 8.96. The zero-order valence-electron chi connectivity index (χ0n) is 10.7. The zero-order valence-corrected chi connectivity index (χ0v) is 12.2. The van der Waals surface area contributed by atoms with Gasteiger partial charge in [-0.05, 0) is 31.5 Å². The maximum atomic E-state index is 12.1. The molecule has 0 saturated heterocycles. The van der Waals surface area contributed by atoms with Gasteiger partial charge in [0.25, 0.3) is 0 Å². The lowest BCUT2D eigenvalue weighted by Crippen LogP contribution is -2.42. The third-order valence-electron chi connectivity index (χ3n) is 2.60. The summed E-state index contributed by atoms with van der Waals surface area (Å²) in [7, 11) is -4.11. The molecule has 0 aliphatic heterocycles. The molecule has 0 spiro atoms. The molecule has 1 amide bonds. The molecule has 4 N–H and O–H groups in total. The topological polar surface area (TPSA) is 127 Å². The molecule has 1 atom stereocenters. The summed E-state index contributed by atoms with van der Waals surface area (Å²) in [6.45, 7) is 2.61. The van der Waals surface area contributed by atoms with Gasteiger partial charge in [-0.2, -0.15) is 4.72 Å². The van der Waals surface area contributed by atoms with E-state index in [4.69, 9.17) is 22.4 Å². The van der Waals surface area contributed by atoms with Crippen molar-refractivity contribution in [3.63, 3.8) is 0 Å². The molecule has 0 saturated carbocycles. The second kappa shape index (κ2) is 5.78. The maximum Gasteiger partial charge on any atom is 0.336 e. The lowest BCUT2D eigenvalue weighted by molar-refractivity contribution is -0.119. The average molecular weight is 321 g/mol. The number of amides is 1. The molecule has 9 heteroatoms. The van der Waals surface area contributed by atoms with Crippen molar-refractivity contribution in [2.45, 2.75) is 24.8 Å². The van der Waals surface area contributed by atoms with Crippen molar-refractivity contribution in [3.05, 3.63) is 28.3 Å². The Morgan fingerprint density at radius 2 is 1.95 bits per heavy atom. The molecular weight excluding hydrogens is 308 g/mol. The van der Waals surface area contributed by atoms with Gasteiger partial charge < -0.3 is 10.8 Å². The van der Waals surface area contributed by atoms with E-state index >= 15 is 0 Å². The van der Waals surface area contributed by atoms with E-state index in [0.29, 0.717) is 0 Å². The zero-order chi connectivity index (χ0) is 15.7. The van der Waals surface area contributed by atoms with Gasteiger partial charge in [0.1, 0.15) is 0 Å². The fourth-order valence-corrected chi connectivity index (χ4v) is 3.30. The lowest BCUT2D eigenvalue weighted by Gasteiger charge is -2.14. The highest BCUT2D eigenvalue weighted by atomic mass is 35.5. The first-order valence-corrected chi connectivity index (χ1v) is 7.27. The first-order chi connectivity index (χ1) is 9.06. The average Bonchev–Trinajstić information content (AvgIpc) is 2.30. The molecule has 0 heterocycles. The summed E-state index contributed by atoms with van der Waals surface area (Å²) < 4.78 is 26.3. The minimum Gasteiger partial charge on any atom is -0.478 e. The van der Waals surface area contributed by atoms with Crippen molar-refractivity contribution in [3.8, 4) is 0 Å². The fourth-order valence-electron chi connectivity index (χ4n) is 1.51. The molecule has 1 aromatic rings. The van der Waals surface area contributed by atoms with Crippen LogP contribution in [-0.4, -0.2) is 31.4 Å². The van der Waals surface area contributed by atoms with E-state index in [2.05, 4.69) is 4.72 Å². The molecule has 1 rings (SSSR count). The van der Waals surface area contributed by atoms with E-state index in [1.807, 2.05) is 0 Å². The highest BCUT2D eigenvalue weighted by Gasteiger charge is 2.25. The summed E-state index contributed by atoms with van der Waals surface area (Å²) in [4.78, 5) is 21.6. The van der Waals surface area contributed by atoms with Crippen LogP contribution in [0.3, 0.4) is 0 Å². The molecule has 1 unspecified atom stereocenters. The number of hydrogen-bond donors (Lipinski definition) is 3.